The van der Waals surface area contributed by atoms with Gasteiger partial charge in [0.2, 0.25) is 11.9 Å². The maximum Gasteiger partial charge on any atom is 0.332 e. The summed E-state index contributed by atoms with van der Waals surface area (Å²) in [5.74, 6) is 2.00. The molecule has 0 saturated heterocycles. The topological polar surface area (TPSA) is 168 Å². The number of hydrogen-bond donors (Lipinski definition) is 3. The fourth-order valence-electron chi connectivity index (χ4n) is 8.78. The van der Waals surface area contributed by atoms with Gasteiger partial charge in [-0.3, -0.25) is 37.0 Å². The van der Waals surface area contributed by atoms with Gasteiger partial charge >= 0.3 is 11.4 Å². The van der Waals surface area contributed by atoms with Crippen LogP contribution >= 0.6 is 0 Å². The molecule has 0 atom stereocenters. The number of nitrogens with one attached hydrogen (secondary N) is 2. The summed E-state index contributed by atoms with van der Waals surface area (Å²) in [6.45, 7) is 14.5. The van der Waals surface area contributed by atoms with E-state index in [0.717, 1.165) is 36.8 Å². The van der Waals surface area contributed by atoms with Crippen molar-refractivity contribution >= 4 is 34.2 Å². The fraction of sp³-hybridized carbons (Fsp3) is 0.522. The van der Waals surface area contributed by atoms with E-state index in [1.54, 1.807) is 21.3 Å². The standard InChI is InChI=1S/C23H31N5O3.C23H31N5O2/c1-4-26-21(30)19-20(28(23(26)31)13-15(2)3)25-22(24-17-7-5-6-8-17)27(19)14-16-9-11-18(29)12-10-16;1-4-26-21(29)19-20(28(23(26)30)14-16(2)3)25-22(24-18-12-8-9-13-18)27(19)15-17-10-6-5-7-11-17/h9-12,15,17,29H,4-8,13-14H2,1-3H3,(H,24,25);5-7,10-11,16,18H,4,8-9,12-15H2,1-3H3,(H,24,25). The highest BCUT2D eigenvalue weighted by molar-refractivity contribution is 5.75. The van der Waals surface area contributed by atoms with E-state index in [0.29, 0.717) is 85.6 Å². The summed E-state index contributed by atoms with van der Waals surface area (Å²) < 4.78 is 9.79. The Hall–Kier alpha value is -5.86. The number of imidazole rings is 2. The zero-order valence-electron chi connectivity index (χ0n) is 36.6. The van der Waals surface area contributed by atoms with Crippen LogP contribution in [-0.2, 0) is 39.3 Å². The minimum Gasteiger partial charge on any atom is -0.508 e. The first-order chi connectivity index (χ1) is 29.4. The molecule has 0 amide bonds. The first-order valence-electron chi connectivity index (χ1n) is 22.2. The van der Waals surface area contributed by atoms with E-state index in [1.165, 1.54) is 34.8 Å². The Morgan fingerprint density at radius 3 is 1.34 bits per heavy atom. The molecule has 15 heteroatoms. The van der Waals surface area contributed by atoms with Crippen molar-refractivity contribution in [3.8, 4) is 5.75 Å². The summed E-state index contributed by atoms with van der Waals surface area (Å²) >= 11 is 0. The van der Waals surface area contributed by atoms with Gasteiger partial charge in [-0.25, -0.2) is 9.59 Å². The van der Waals surface area contributed by atoms with Gasteiger partial charge in [-0.05, 0) is 74.6 Å². The Balaban J connectivity index is 0.000000184. The van der Waals surface area contributed by atoms with Crippen LogP contribution in [0.4, 0.5) is 11.9 Å². The molecular weight excluding hydrogens is 773 g/mol. The zero-order valence-corrected chi connectivity index (χ0v) is 36.6. The molecule has 6 aromatic rings. The number of hydrogen-bond acceptors (Lipinski definition) is 9. The molecule has 2 aliphatic rings. The molecule has 3 N–H and O–H groups in total. The summed E-state index contributed by atoms with van der Waals surface area (Å²) in [6.07, 6.45) is 9.11. The average molecular weight is 835 g/mol. The van der Waals surface area contributed by atoms with Crippen LogP contribution in [0.1, 0.15) is 104 Å². The van der Waals surface area contributed by atoms with E-state index in [-0.39, 0.29) is 40.1 Å². The van der Waals surface area contributed by atoms with Crippen LogP contribution in [0.2, 0.25) is 0 Å². The fourth-order valence-corrected chi connectivity index (χ4v) is 8.78. The van der Waals surface area contributed by atoms with Gasteiger partial charge in [0, 0.05) is 38.3 Å². The Labute approximate surface area is 355 Å². The highest BCUT2D eigenvalue weighted by Crippen LogP contribution is 2.27. The van der Waals surface area contributed by atoms with Gasteiger partial charge in [0.15, 0.2) is 22.3 Å². The molecule has 2 saturated carbocycles. The van der Waals surface area contributed by atoms with Crippen LogP contribution in [0.25, 0.3) is 22.3 Å². The number of anilines is 2. The highest BCUT2D eigenvalue weighted by Gasteiger charge is 2.26. The molecule has 4 aromatic heterocycles. The first kappa shape index (κ1) is 43.2. The summed E-state index contributed by atoms with van der Waals surface area (Å²) in [7, 11) is 0. The van der Waals surface area contributed by atoms with Crippen LogP contribution in [0.15, 0.2) is 73.8 Å². The molecule has 0 aliphatic heterocycles. The lowest BCUT2D eigenvalue weighted by molar-refractivity contribution is 0.475. The van der Waals surface area contributed by atoms with Gasteiger partial charge in [-0.2, -0.15) is 9.97 Å². The summed E-state index contributed by atoms with van der Waals surface area (Å²) in [5.41, 5.74) is 2.74. The van der Waals surface area contributed by atoms with Crippen LogP contribution < -0.4 is 33.1 Å². The maximum atomic E-state index is 13.4. The number of aromatic hydroxyl groups is 1. The summed E-state index contributed by atoms with van der Waals surface area (Å²) in [6, 6.07) is 17.7. The average Bonchev–Trinajstić information content (AvgIpc) is 4.06. The second kappa shape index (κ2) is 18.8. The van der Waals surface area contributed by atoms with Crippen molar-refractivity contribution in [1.29, 1.82) is 0 Å². The van der Waals surface area contributed by atoms with Crippen molar-refractivity contribution in [3.63, 3.8) is 0 Å². The number of nitrogens with zero attached hydrogens (tertiary/aromatic N) is 8. The van der Waals surface area contributed by atoms with E-state index < -0.39 is 0 Å². The lowest BCUT2D eigenvalue weighted by Crippen LogP contribution is -2.40. The van der Waals surface area contributed by atoms with Gasteiger partial charge in [-0.15, -0.1) is 0 Å². The smallest absolute Gasteiger partial charge is 0.332 e. The van der Waals surface area contributed by atoms with Gasteiger partial charge in [-0.1, -0.05) is 95.8 Å². The van der Waals surface area contributed by atoms with Gasteiger partial charge in [0.1, 0.15) is 5.75 Å². The number of phenols is 1. The molecule has 2 fully saturated rings. The maximum absolute atomic E-state index is 13.4. The molecule has 0 unspecified atom stereocenters. The third kappa shape index (κ3) is 9.25. The second-order valence-electron chi connectivity index (χ2n) is 17.5. The highest BCUT2D eigenvalue weighted by atomic mass is 16.3. The normalized spacial score (nSPS) is 14.8. The number of rotatable bonds is 14. The lowest BCUT2D eigenvalue weighted by Gasteiger charge is -2.15. The van der Waals surface area contributed by atoms with Crippen molar-refractivity contribution in [1.82, 2.24) is 37.4 Å². The number of benzene rings is 2. The van der Waals surface area contributed by atoms with Crippen LogP contribution in [0, 0.1) is 11.8 Å². The Bertz CT molecular complexity index is 2690. The molecule has 15 nitrogen and oxygen atoms in total. The van der Waals surface area contributed by atoms with Crippen molar-refractivity contribution < 1.29 is 5.11 Å². The van der Waals surface area contributed by atoms with Crippen molar-refractivity contribution in [3.05, 3.63) is 107 Å². The van der Waals surface area contributed by atoms with Crippen molar-refractivity contribution in [2.24, 2.45) is 11.8 Å². The molecule has 0 bridgehead atoms. The van der Waals surface area contributed by atoms with E-state index in [2.05, 4.69) is 24.5 Å². The molecule has 326 valence electrons. The second-order valence-corrected chi connectivity index (χ2v) is 17.5. The summed E-state index contributed by atoms with van der Waals surface area (Å²) in [4.78, 5) is 62.4. The molecule has 0 radical (unpaired) electrons. The van der Waals surface area contributed by atoms with Gasteiger partial charge in [0.05, 0.1) is 13.1 Å². The van der Waals surface area contributed by atoms with Crippen LogP contribution in [0.3, 0.4) is 0 Å². The molecule has 61 heavy (non-hydrogen) atoms. The quantitative estimate of drug-likeness (QED) is 0.110. The Kier molecular flexibility index (Phi) is 13.3. The number of aromatic nitrogens is 8. The van der Waals surface area contributed by atoms with Crippen LogP contribution in [0.5, 0.6) is 5.75 Å². The molecule has 2 aromatic carbocycles. The first-order valence-corrected chi connectivity index (χ1v) is 22.2. The molecule has 0 spiro atoms. The molecule has 8 rings (SSSR count). The van der Waals surface area contributed by atoms with Gasteiger partial charge < -0.3 is 15.7 Å². The third-order valence-corrected chi connectivity index (χ3v) is 11.8. The van der Waals surface area contributed by atoms with Crippen LogP contribution in [-0.4, -0.2) is 54.6 Å². The zero-order chi connectivity index (χ0) is 43.4. The lowest BCUT2D eigenvalue weighted by atomic mass is 10.2. The third-order valence-electron chi connectivity index (χ3n) is 11.8. The van der Waals surface area contributed by atoms with Gasteiger partial charge in [0.25, 0.3) is 11.1 Å². The van der Waals surface area contributed by atoms with E-state index in [4.69, 9.17) is 9.97 Å². The van der Waals surface area contributed by atoms with E-state index in [1.807, 2.05) is 79.3 Å². The van der Waals surface area contributed by atoms with Crippen molar-refractivity contribution in [2.75, 3.05) is 10.6 Å². The summed E-state index contributed by atoms with van der Waals surface area (Å²) in [5, 5.41) is 16.7. The SMILES string of the molecule is CCn1c(=O)c2c(nc(NC3CCCC3)n2Cc2ccc(O)cc2)n(CC(C)C)c1=O.CCn1c(=O)c2c(nc(NC3CCCC3)n2Cc2ccccc2)n(CC(C)C)c1=O. The largest absolute Gasteiger partial charge is 0.508 e. The molecule has 2 aliphatic carbocycles. The van der Waals surface area contributed by atoms with E-state index in [9.17, 15) is 24.3 Å². The van der Waals surface area contributed by atoms with E-state index >= 15 is 0 Å². The molecular formula is C46H62N10O5. The molecule has 4 heterocycles. The Morgan fingerprint density at radius 2 is 0.967 bits per heavy atom. The van der Waals surface area contributed by atoms with Crippen molar-refractivity contribution in [2.45, 2.75) is 144 Å². The minimum atomic E-state index is -0.312. The predicted octanol–water partition coefficient (Wildman–Crippen LogP) is 6.58. The number of fused-ring (bicyclic) bond motifs is 2. The Morgan fingerprint density at radius 1 is 0.574 bits per heavy atom. The predicted molar refractivity (Wildman–Crippen MR) is 242 cm³/mol. The number of phenolic OH excluding ortho intramolecular Hbond substituents is 1. The monoisotopic (exact) mass is 834 g/mol. The minimum absolute atomic E-state index is 0.197.